The molecule has 4 aromatic carbocycles. The van der Waals surface area contributed by atoms with Crippen molar-refractivity contribution in [3.63, 3.8) is 0 Å². The Kier molecular flexibility index (Phi) is 59.9. The van der Waals surface area contributed by atoms with Crippen LogP contribution in [0.2, 0.25) is 0 Å². The van der Waals surface area contributed by atoms with Crippen LogP contribution in [0.5, 0.6) is 0 Å². The van der Waals surface area contributed by atoms with Crippen molar-refractivity contribution >= 4 is 90.7 Å². The van der Waals surface area contributed by atoms with Crippen LogP contribution < -0.4 is 0 Å². The molecule has 97 heavy (non-hydrogen) atoms. The minimum Gasteiger partial charge on any atom is -0.744 e. The first kappa shape index (κ1) is 91.9. The van der Waals surface area contributed by atoms with Gasteiger partial charge in [-0.2, -0.15) is 0 Å². The standard InChI is InChI=1S/2C44H76O3S.Ba/c2*1-3-5-7-9-11-13-15-17-19-21-23-25-27-29-31-35-40-39-44(48(45,46)47)43-38-34-33-37-42(43)41(40)36-32-30-28-26-24-22-20-18-16-14-12-10-8-6-4-2;/h2*33-34,37-39H,3-32,35-36H2,1-2H3,(H,45,46,47);/q;;+2/p-2. The third-order valence-corrected chi connectivity index (χ3v) is 22.9. The molecule has 4 rings (SSSR count). The molecule has 0 aliphatic carbocycles. The van der Waals surface area contributed by atoms with Crippen LogP contribution >= 0.6 is 0 Å². The van der Waals surface area contributed by atoms with Crippen LogP contribution in [0, 0.1) is 0 Å². The maximum absolute atomic E-state index is 12.3. The Balaban J connectivity index is 0.000000653. The van der Waals surface area contributed by atoms with Crippen LogP contribution in [-0.2, 0) is 45.9 Å². The van der Waals surface area contributed by atoms with Gasteiger partial charge in [0.05, 0.1) is 9.79 Å². The maximum atomic E-state index is 12.3. The molecule has 0 bridgehead atoms. The summed E-state index contributed by atoms with van der Waals surface area (Å²) in [6.45, 7) is 9.13. The second-order valence-corrected chi connectivity index (χ2v) is 32.5. The Labute approximate surface area is 642 Å². The molecule has 0 heterocycles. The molecular weight excluding hydrogens is 1350 g/mol. The van der Waals surface area contributed by atoms with E-state index in [1.165, 1.54) is 371 Å². The Morgan fingerprint density at radius 3 is 0.557 bits per heavy atom. The number of rotatable bonds is 66. The number of benzene rings is 4. The van der Waals surface area contributed by atoms with Gasteiger partial charge in [-0.1, -0.05) is 436 Å². The average Bonchev–Trinajstić information content (AvgIpc) is 0.781. The van der Waals surface area contributed by atoms with Gasteiger partial charge in [0.2, 0.25) is 0 Å². The second-order valence-electron chi connectivity index (χ2n) is 29.8. The molecule has 0 aromatic heterocycles. The fourth-order valence-electron chi connectivity index (χ4n) is 15.1. The Morgan fingerprint density at radius 1 is 0.227 bits per heavy atom. The minimum absolute atomic E-state index is 0. The molecule has 0 aliphatic heterocycles. The Hall–Kier alpha value is -1.21. The third-order valence-electron chi connectivity index (χ3n) is 21.1. The monoisotopic (exact) mass is 1500 g/mol. The Morgan fingerprint density at radius 2 is 0.381 bits per heavy atom. The molecule has 552 valence electrons. The summed E-state index contributed by atoms with van der Waals surface area (Å²) in [5.74, 6) is 0. The van der Waals surface area contributed by atoms with Crippen molar-refractivity contribution in [2.75, 3.05) is 0 Å². The summed E-state index contributed by atoms with van der Waals surface area (Å²) in [6, 6.07) is 18.8. The van der Waals surface area contributed by atoms with Gasteiger partial charge in [-0.05, 0) is 107 Å². The minimum atomic E-state index is -4.53. The van der Waals surface area contributed by atoms with Crippen molar-refractivity contribution < 1.29 is 25.9 Å². The summed E-state index contributed by atoms with van der Waals surface area (Å²) < 4.78 is 73.7. The van der Waals surface area contributed by atoms with Crippen LogP contribution in [0.1, 0.15) is 435 Å². The molecule has 0 amide bonds. The zero-order chi connectivity index (χ0) is 69.1. The van der Waals surface area contributed by atoms with Crippen molar-refractivity contribution in [1.29, 1.82) is 0 Å². The van der Waals surface area contributed by atoms with Crippen LogP contribution in [0.25, 0.3) is 21.5 Å². The predicted octanol–water partition coefficient (Wildman–Crippen LogP) is 28.8. The first-order valence-corrected chi connectivity index (χ1v) is 44.8. The molecule has 0 spiro atoms. The summed E-state index contributed by atoms with van der Waals surface area (Å²) in [5, 5.41) is 3.14. The molecule has 0 atom stereocenters. The van der Waals surface area contributed by atoms with Gasteiger partial charge in [-0.3, -0.25) is 0 Å². The molecule has 0 radical (unpaired) electrons. The van der Waals surface area contributed by atoms with Gasteiger partial charge in [0.15, 0.2) is 0 Å². The molecular formula is C88H150BaO6S2. The van der Waals surface area contributed by atoms with Crippen molar-refractivity contribution in [2.24, 2.45) is 0 Å². The third kappa shape index (κ3) is 46.3. The van der Waals surface area contributed by atoms with Gasteiger partial charge in [0, 0.05) is 0 Å². The SMILES string of the molecule is CCCCCCCCCCCCCCCCCc1cc(S(=O)(=O)[O-])c2ccccc2c1CCCCCCCCCCCCCCCCC.CCCCCCCCCCCCCCCCCc1cc(S(=O)(=O)[O-])c2ccccc2c1CCCCCCCCCCCCCCCCC.[Ba+2]. The second kappa shape index (κ2) is 63.3. The molecule has 4 aromatic rings. The molecule has 0 aliphatic rings. The molecule has 0 unspecified atom stereocenters. The van der Waals surface area contributed by atoms with Gasteiger partial charge in [-0.15, -0.1) is 0 Å². The van der Waals surface area contributed by atoms with Crippen molar-refractivity contribution in [2.45, 2.75) is 448 Å². The molecule has 0 fully saturated rings. The largest absolute Gasteiger partial charge is 2.00 e. The number of fused-ring (bicyclic) bond motifs is 2. The summed E-state index contributed by atoms with van der Waals surface area (Å²) in [5.41, 5.74) is 4.72. The maximum Gasteiger partial charge on any atom is 2.00 e. The molecule has 6 nitrogen and oxygen atoms in total. The van der Waals surface area contributed by atoms with E-state index in [2.05, 4.69) is 27.7 Å². The van der Waals surface area contributed by atoms with E-state index >= 15 is 0 Å². The fourth-order valence-corrected chi connectivity index (χ4v) is 16.6. The predicted molar refractivity (Wildman–Crippen MR) is 424 cm³/mol. The quantitative estimate of drug-likeness (QED) is 0.0247. The summed E-state index contributed by atoms with van der Waals surface area (Å²) in [6.07, 6.45) is 84.2. The smallest absolute Gasteiger partial charge is 0.744 e. The van der Waals surface area contributed by atoms with E-state index < -0.39 is 20.2 Å². The number of aryl methyl sites for hydroxylation is 4. The van der Waals surface area contributed by atoms with E-state index in [0.717, 1.165) is 73.3 Å². The topological polar surface area (TPSA) is 114 Å². The van der Waals surface area contributed by atoms with E-state index in [0.29, 0.717) is 10.8 Å². The molecule has 0 saturated carbocycles. The normalized spacial score (nSPS) is 11.9. The summed E-state index contributed by atoms with van der Waals surface area (Å²) in [7, 11) is -9.06. The Bertz CT molecular complexity index is 2500. The molecule has 9 heteroatoms. The van der Waals surface area contributed by atoms with E-state index in [-0.39, 0.29) is 58.7 Å². The molecule has 0 saturated heterocycles. The van der Waals surface area contributed by atoms with Gasteiger partial charge in [0.25, 0.3) is 0 Å². The van der Waals surface area contributed by atoms with Gasteiger partial charge in [-0.25, -0.2) is 16.8 Å². The summed E-state index contributed by atoms with van der Waals surface area (Å²) >= 11 is 0. The van der Waals surface area contributed by atoms with Gasteiger partial charge >= 0.3 is 48.9 Å². The average molecular weight is 1510 g/mol. The number of hydrogen-bond acceptors (Lipinski definition) is 6. The first-order valence-electron chi connectivity index (χ1n) is 42.0. The van der Waals surface area contributed by atoms with E-state index in [1.54, 1.807) is 12.1 Å². The zero-order valence-corrected chi connectivity index (χ0v) is 70.1. The van der Waals surface area contributed by atoms with Crippen molar-refractivity contribution in [1.82, 2.24) is 0 Å². The van der Waals surface area contributed by atoms with Crippen molar-refractivity contribution in [3.8, 4) is 0 Å². The van der Waals surface area contributed by atoms with E-state index in [9.17, 15) is 25.9 Å². The number of unbranched alkanes of at least 4 members (excludes halogenated alkanes) is 56. The first-order chi connectivity index (χ1) is 47.0. The van der Waals surface area contributed by atoms with Crippen LogP contribution in [0.15, 0.2) is 70.5 Å². The van der Waals surface area contributed by atoms with Crippen molar-refractivity contribution in [3.05, 3.63) is 82.9 Å². The molecule has 0 N–H and O–H groups in total. The fraction of sp³-hybridized carbons (Fsp3) is 0.773. The summed E-state index contributed by atoms with van der Waals surface area (Å²) in [4.78, 5) is -0.0661. The van der Waals surface area contributed by atoms with E-state index in [1.807, 2.05) is 48.5 Å². The van der Waals surface area contributed by atoms with Crippen LogP contribution in [0.3, 0.4) is 0 Å². The van der Waals surface area contributed by atoms with Crippen LogP contribution in [0.4, 0.5) is 0 Å². The number of hydrogen-bond donors (Lipinski definition) is 0. The van der Waals surface area contributed by atoms with Gasteiger partial charge in [0.1, 0.15) is 20.2 Å². The van der Waals surface area contributed by atoms with Crippen LogP contribution in [-0.4, -0.2) is 74.8 Å². The van der Waals surface area contributed by atoms with Gasteiger partial charge < -0.3 is 9.11 Å². The van der Waals surface area contributed by atoms with E-state index in [4.69, 9.17) is 0 Å². The zero-order valence-electron chi connectivity index (χ0n) is 64.0.